The fraction of sp³-hybridized carbons (Fsp3) is 0. The lowest BCUT2D eigenvalue weighted by atomic mass is 10.0. The highest BCUT2D eigenvalue weighted by Crippen LogP contribution is 2.30. The van der Waals surface area contributed by atoms with E-state index in [0.29, 0.717) is 22.5 Å². The number of hydrogen-bond acceptors (Lipinski definition) is 3. The molecule has 0 amide bonds. The summed E-state index contributed by atoms with van der Waals surface area (Å²) in [6.45, 7) is 0. The Kier molecular flexibility index (Phi) is 5.53. The van der Waals surface area contributed by atoms with Crippen molar-refractivity contribution in [1.82, 2.24) is 15.0 Å². The summed E-state index contributed by atoms with van der Waals surface area (Å²) in [7, 11) is 0. The van der Waals surface area contributed by atoms with E-state index in [0.717, 1.165) is 27.6 Å². The van der Waals surface area contributed by atoms with Crippen molar-refractivity contribution in [3.05, 3.63) is 126 Å². The van der Waals surface area contributed by atoms with Gasteiger partial charge in [-0.25, -0.2) is 15.0 Å². The van der Waals surface area contributed by atoms with Crippen molar-refractivity contribution >= 4 is 22.4 Å². The van der Waals surface area contributed by atoms with Crippen LogP contribution in [0.25, 0.3) is 56.1 Å². The Morgan fingerprint density at radius 3 is 1.71 bits per heavy atom. The third-order valence-electron chi connectivity index (χ3n) is 6.01. The van der Waals surface area contributed by atoms with Crippen LogP contribution in [-0.2, 0) is 0 Å². The van der Waals surface area contributed by atoms with Crippen LogP contribution in [0.3, 0.4) is 0 Å². The van der Waals surface area contributed by atoms with Crippen LogP contribution >= 0.6 is 11.6 Å². The molecule has 1 aromatic heterocycles. The number of fused-ring (bicyclic) bond motifs is 1. The minimum Gasteiger partial charge on any atom is -0.208 e. The summed E-state index contributed by atoms with van der Waals surface area (Å²) in [5, 5.41) is 2.92. The van der Waals surface area contributed by atoms with Crippen LogP contribution in [0.5, 0.6) is 0 Å². The molecule has 0 saturated carbocycles. The number of hydrogen-bond donors (Lipinski definition) is 0. The molecule has 6 aromatic rings. The molecule has 0 aliphatic heterocycles. The van der Waals surface area contributed by atoms with Gasteiger partial charge in [0.15, 0.2) is 17.5 Å². The minimum absolute atomic E-state index is 0.552. The van der Waals surface area contributed by atoms with Gasteiger partial charge in [0.05, 0.1) is 5.02 Å². The van der Waals surface area contributed by atoms with Crippen molar-refractivity contribution in [2.45, 2.75) is 0 Å². The van der Waals surface area contributed by atoms with E-state index >= 15 is 0 Å². The Labute approximate surface area is 208 Å². The summed E-state index contributed by atoms with van der Waals surface area (Å²) in [6.07, 6.45) is 0. The zero-order valence-corrected chi connectivity index (χ0v) is 19.5. The molecule has 35 heavy (non-hydrogen) atoms. The van der Waals surface area contributed by atoms with Gasteiger partial charge in [0, 0.05) is 16.7 Å². The fourth-order valence-corrected chi connectivity index (χ4v) is 4.39. The molecule has 4 heteroatoms. The van der Waals surface area contributed by atoms with Crippen LogP contribution in [0.4, 0.5) is 0 Å². The van der Waals surface area contributed by atoms with E-state index in [1.54, 1.807) is 0 Å². The lowest BCUT2D eigenvalue weighted by Gasteiger charge is -2.10. The van der Waals surface area contributed by atoms with Crippen molar-refractivity contribution in [3.8, 4) is 45.3 Å². The standard InChI is InChI=1S/C31H20ClN3/c32-28-13-7-6-12-27(28)31-34-29(24-17-14-23(15-18-24)21-8-2-1-3-9-21)33-30(35-31)26-19-16-22-10-4-5-11-25(22)20-26/h1-20H. The Hall–Kier alpha value is -4.34. The van der Waals surface area contributed by atoms with E-state index in [2.05, 4.69) is 66.7 Å². The van der Waals surface area contributed by atoms with Crippen molar-refractivity contribution in [2.75, 3.05) is 0 Å². The molecule has 5 aromatic carbocycles. The molecule has 0 spiro atoms. The maximum Gasteiger partial charge on any atom is 0.165 e. The largest absolute Gasteiger partial charge is 0.208 e. The smallest absolute Gasteiger partial charge is 0.165 e. The second kappa shape index (κ2) is 9.13. The van der Waals surface area contributed by atoms with Crippen molar-refractivity contribution in [3.63, 3.8) is 0 Å². The lowest BCUT2D eigenvalue weighted by Crippen LogP contribution is -2.00. The highest BCUT2D eigenvalue weighted by Gasteiger charge is 2.14. The predicted molar refractivity (Wildman–Crippen MR) is 144 cm³/mol. The van der Waals surface area contributed by atoms with Crippen LogP contribution in [0.2, 0.25) is 5.02 Å². The summed E-state index contributed by atoms with van der Waals surface area (Å²) in [5.41, 5.74) is 4.94. The van der Waals surface area contributed by atoms with Crippen LogP contribution in [0.1, 0.15) is 0 Å². The number of rotatable bonds is 4. The molecular weight excluding hydrogens is 450 g/mol. The van der Waals surface area contributed by atoms with E-state index in [1.807, 2.05) is 54.6 Å². The second-order valence-electron chi connectivity index (χ2n) is 8.29. The monoisotopic (exact) mass is 469 g/mol. The van der Waals surface area contributed by atoms with Crippen molar-refractivity contribution < 1.29 is 0 Å². The zero-order valence-electron chi connectivity index (χ0n) is 18.8. The van der Waals surface area contributed by atoms with Gasteiger partial charge in [-0.3, -0.25) is 0 Å². The van der Waals surface area contributed by atoms with Crippen LogP contribution in [0, 0.1) is 0 Å². The third-order valence-corrected chi connectivity index (χ3v) is 6.34. The van der Waals surface area contributed by atoms with E-state index < -0.39 is 0 Å². The average Bonchev–Trinajstić information content (AvgIpc) is 2.93. The third kappa shape index (κ3) is 4.30. The van der Waals surface area contributed by atoms with E-state index in [9.17, 15) is 0 Å². The van der Waals surface area contributed by atoms with Gasteiger partial charge in [-0.1, -0.05) is 115 Å². The minimum atomic E-state index is 0.552. The molecule has 0 radical (unpaired) electrons. The Bertz CT molecular complexity index is 1640. The van der Waals surface area contributed by atoms with E-state index in [1.165, 1.54) is 10.9 Å². The molecule has 0 fully saturated rings. The maximum atomic E-state index is 6.52. The van der Waals surface area contributed by atoms with Crippen LogP contribution in [0.15, 0.2) is 121 Å². The van der Waals surface area contributed by atoms with Crippen molar-refractivity contribution in [1.29, 1.82) is 0 Å². The summed E-state index contributed by atoms with van der Waals surface area (Å²) in [4.78, 5) is 14.5. The molecule has 0 bridgehead atoms. The van der Waals surface area contributed by atoms with Crippen LogP contribution < -0.4 is 0 Å². The molecule has 0 saturated heterocycles. The normalized spacial score (nSPS) is 11.0. The first kappa shape index (κ1) is 21.2. The van der Waals surface area contributed by atoms with Crippen LogP contribution in [-0.4, -0.2) is 15.0 Å². The lowest BCUT2D eigenvalue weighted by molar-refractivity contribution is 1.07. The van der Waals surface area contributed by atoms with Gasteiger partial charge >= 0.3 is 0 Å². The van der Waals surface area contributed by atoms with Gasteiger partial charge in [-0.15, -0.1) is 0 Å². The SMILES string of the molecule is Clc1ccccc1-c1nc(-c2ccc(-c3ccccc3)cc2)nc(-c2ccc3ccccc3c2)n1. The van der Waals surface area contributed by atoms with Crippen molar-refractivity contribution in [2.24, 2.45) is 0 Å². The Morgan fingerprint density at radius 2 is 0.943 bits per heavy atom. The van der Waals surface area contributed by atoms with Gasteiger partial charge in [-0.05, 0) is 40.1 Å². The molecule has 6 rings (SSSR count). The molecule has 1 heterocycles. The summed E-state index contributed by atoms with van der Waals surface area (Å²) < 4.78 is 0. The van der Waals surface area contributed by atoms with Gasteiger partial charge in [0.25, 0.3) is 0 Å². The first-order valence-corrected chi connectivity index (χ1v) is 11.8. The Morgan fingerprint density at radius 1 is 0.400 bits per heavy atom. The second-order valence-corrected chi connectivity index (χ2v) is 8.70. The topological polar surface area (TPSA) is 38.7 Å². The zero-order chi connectivity index (χ0) is 23.6. The molecule has 3 nitrogen and oxygen atoms in total. The molecule has 0 aliphatic rings. The molecule has 166 valence electrons. The molecule has 0 aliphatic carbocycles. The molecule has 0 unspecified atom stereocenters. The Balaban J connectivity index is 1.49. The number of nitrogens with zero attached hydrogens (tertiary/aromatic N) is 3. The highest BCUT2D eigenvalue weighted by atomic mass is 35.5. The molecule has 0 N–H and O–H groups in total. The van der Waals surface area contributed by atoms with E-state index in [-0.39, 0.29) is 0 Å². The molecule has 0 atom stereocenters. The van der Waals surface area contributed by atoms with Gasteiger partial charge in [-0.2, -0.15) is 0 Å². The quantitative estimate of drug-likeness (QED) is 0.260. The fourth-order valence-electron chi connectivity index (χ4n) is 4.17. The van der Waals surface area contributed by atoms with Gasteiger partial charge in [0.1, 0.15) is 0 Å². The molecular formula is C31H20ClN3. The first-order valence-electron chi connectivity index (χ1n) is 11.4. The summed E-state index contributed by atoms with van der Waals surface area (Å²) >= 11 is 6.52. The van der Waals surface area contributed by atoms with E-state index in [4.69, 9.17) is 26.6 Å². The predicted octanol–water partition coefficient (Wildman–Crippen LogP) is 8.35. The first-order chi connectivity index (χ1) is 17.2. The number of aromatic nitrogens is 3. The summed E-state index contributed by atoms with van der Waals surface area (Å²) in [6, 6.07) is 40.8. The highest BCUT2D eigenvalue weighted by molar-refractivity contribution is 6.33. The maximum absolute atomic E-state index is 6.52. The number of benzene rings is 5. The summed E-state index contributed by atoms with van der Waals surface area (Å²) in [5.74, 6) is 1.77. The van der Waals surface area contributed by atoms with Gasteiger partial charge < -0.3 is 0 Å². The number of halogens is 1. The van der Waals surface area contributed by atoms with Gasteiger partial charge in [0.2, 0.25) is 0 Å². The average molecular weight is 470 g/mol.